The van der Waals surface area contributed by atoms with Gasteiger partial charge in [0.2, 0.25) is 11.8 Å². The molecule has 1 aliphatic rings. The van der Waals surface area contributed by atoms with Gasteiger partial charge in [-0.1, -0.05) is 53.5 Å². The highest BCUT2D eigenvalue weighted by Crippen LogP contribution is 2.26. The van der Waals surface area contributed by atoms with Crippen LogP contribution in [0.1, 0.15) is 12.0 Å². The van der Waals surface area contributed by atoms with Gasteiger partial charge in [-0.05, 0) is 29.8 Å². The van der Waals surface area contributed by atoms with Crippen molar-refractivity contribution in [3.63, 3.8) is 0 Å². The molecule has 29 heavy (non-hydrogen) atoms. The van der Waals surface area contributed by atoms with E-state index >= 15 is 0 Å². The Labute approximate surface area is 180 Å². The number of anilines is 1. The minimum atomic E-state index is -0.275. The summed E-state index contributed by atoms with van der Waals surface area (Å²) in [6.45, 7) is 3.30. The van der Waals surface area contributed by atoms with E-state index in [1.54, 1.807) is 24.3 Å². The Morgan fingerprint density at radius 2 is 1.69 bits per heavy atom. The van der Waals surface area contributed by atoms with Crippen LogP contribution < -0.4 is 10.2 Å². The summed E-state index contributed by atoms with van der Waals surface area (Å²) in [5.74, 6) is -0.220. The lowest BCUT2D eigenvalue weighted by atomic mass is 10.2. The van der Waals surface area contributed by atoms with Crippen molar-refractivity contribution in [1.29, 1.82) is 0 Å². The lowest BCUT2D eigenvalue weighted by Gasteiger charge is -2.36. The standard InChI is InChI=1S/C22H23Cl2N3O2/c23-19-8-4-5-17(22(19)24)9-10-20(28)25-12-11-21(29)27-15-13-26(14-16-27)18-6-2-1-3-7-18/h1-10H,11-16H2,(H,25,28)/b10-9+. The Morgan fingerprint density at radius 3 is 2.41 bits per heavy atom. The van der Waals surface area contributed by atoms with Gasteiger partial charge in [-0.25, -0.2) is 0 Å². The molecule has 1 N–H and O–H groups in total. The number of hydrogen-bond acceptors (Lipinski definition) is 3. The first-order chi connectivity index (χ1) is 14.0. The largest absolute Gasteiger partial charge is 0.368 e. The molecule has 0 spiro atoms. The molecule has 0 bridgehead atoms. The minimum Gasteiger partial charge on any atom is -0.368 e. The zero-order chi connectivity index (χ0) is 20.6. The van der Waals surface area contributed by atoms with E-state index in [-0.39, 0.29) is 18.2 Å². The second kappa shape index (κ2) is 10.3. The molecule has 0 aliphatic carbocycles. The summed E-state index contributed by atoms with van der Waals surface area (Å²) in [6, 6.07) is 15.4. The van der Waals surface area contributed by atoms with E-state index in [0.29, 0.717) is 35.2 Å². The maximum atomic E-state index is 12.4. The summed E-state index contributed by atoms with van der Waals surface area (Å²) in [5.41, 5.74) is 1.85. The van der Waals surface area contributed by atoms with Gasteiger partial charge in [0.05, 0.1) is 10.0 Å². The molecule has 1 aliphatic heterocycles. The third-order valence-electron chi connectivity index (χ3n) is 4.79. The van der Waals surface area contributed by atoms with Gasteiger partial charge in [-0.15, -0.1) is 0 Å². The van der Waals surface area contributed by atoms with Crippen LogP contribution in [0.2, 0.25) is 10.0 Å². The lowest BCUT2D eigenvalue weighted by Crippen LogP contribution is -2.49. The summed E-state index contributed by atoms with van der Waals surface area (Å²) < 4.78 is 0. The third kappa shape index (κ3) is 5.99. The number of nitrogens with zero attached hydrogens (tertiary/aromatic N) is 2. The maximum absolute atomic E-state index is 12.4. The van der Waals surface area contributed by atoms with E-state index in [4.69, 9.17) is 23.2 Å². The monoisotopic (exact) mass is 431 g/mol. The van der Waals surface area contributed by atoms with Gasteiger partial charge in [-0.2, -0.15) is 0 Å². The SMILES string of the molecule is O=C(/C=C/c1cccc(Cl)c1Cl)NCCC(=O)N1CCN(c2ccccc2)CC1. The number of carbonyl (C=O) groups is 2. The summed E-state index contributed by atoms with van der Waals surface area (Å²) in [5, 5.41) is 3.57. The molecule has 2 amide bonds. The average molecular weight is 432 g/mol. The first-order valence-electron chi connectivity index (χ1n) is 9.52. The Balaban J connectivity index is 1.39. The molecule has 2 aromatic carbocycles. The first kappa shape index (κ1) is 21.2. The molecule has 1 heterocycles. The fourth-order valence-electron chi connectivity index (χ4n) is 3.18. The quantitative estimate of drug-likeness (QED) is 0.706. The van der Waals surface area contributed by atoms with Crippen molar-refractivity contribution in [2.75, 3.05) is 37.6 Å². The molecule has 0 radical (unpaired) electrons. The van der Waals surface area contributed by atoms with Crippen LogP contribution in [-0.4, -0.2) is 49.4 Å². The van der Waals surface area contributed by atoms with Crippen molar-refractivity contribution in [2.45, 2.75) is 6.42 Å². The smallest absolute Gasteiger partial charge is 0.244 e. The van der Waals surface area contributed by atoms with Crippen molar-refractivity contribution in [1.82, 2.24) is 10.2 Å². The number of amides is 2. The molecule has 0 saturated carbocycles. The van der Waals surface area contributed by atoms with Crippen LogP contribution in [0.15, 0.2) is 54.6 Å². The Hall–Kier alpha value is -2.50. The molecule has 0 unspecified atom stereocenters. The summed E-state index contributed by atoms with van der Waals surface area (Å²) in [6.07, 6.45) is 3.28. The predicted molar refractivity (Wildman–Crippen MR) is 118 cm³/mol. The first-order valence-corrected chi connectivity index (χ1v) is 10.3. The summed E-state index contributed by atoms with van der Waals surface area (Å²) >= 11 is 12.0. The van der Waals surface area contributed by atoms with Crippen molar-refractivity contribution in [3.8, 4) is 0 Å². The third-order valence-corrected chi connectivity index (χ3v) is 5.62. The summed E-state index contributed by atoms with van der Waals surface area (Å²) in [4.78, 5) is 28.5. The van der Waals surface area contributed by atoms with Gasteiger partial charge in [0.15, 0.2) is 0 Å². The maximum Gasteiger partial charge on any atom is 0.244 e. The number of benzene rings is 2. The molecule has 3 rings (SSSR count). The highest BCUT2D eigenvalue weighted by atomic mass is 35.5. The number of carbonyl (C=O) groups excluding carboxylic acids is 2. The van der Waals surface area contributed by atoms with Crippen molar-refractivity contribution in [3.05, 3.63) is 70.2 Å². The molecular formula is C22H23Cl2N3O2. The zero-order valence-electron chi connectivity index (χ0n) is 16.0. The molecular weight excluding hydrogens is 409 g/mol. The van der Waals surface area contributed by atoms with Gasteiger partial charge >= 0.3 is 0 Å². The second-order valence-corrected chi connectivity index (χ2v) is 7.51. The van der Waals surface area contributed by atoms with E-state index < -0.39 is 0 Å². The zero-order valence-corrected chi connectivity index (χ0v) is 17.5. The van der Waals surface area contributed by atoms with Crippen molar-refractivity contribution < 1.29 is 9.59 Å². The van der Waals surface area contributed by atoms with Crippen LogP contribution in [0.25, 0.3) is 6.08 Å². The highest BCUT2D eigenvalue weighted by Gasteiger charge is 2.20. The van der Waals surface area contributed by atoms with Crippen LogP contribution in [0.3, 0.4) is 0 Å². The predicted octanol–water partition coefficient (Wildman–Crippen LogP) is 3.86. The van der Waals surface area contributed by atoms with Crippen LogP contribution in [0.4, 0.5) is 5.69 Å². The van der Waals surface area contributed by atoms with E-state index in [9.17, 15) is 9.59 Å². The van der Waals surface area contributed by atoms with Gasteiger partial charge in [0.25, 0.3) is 0 Å². The van der Waals surface area contributed by atoms with Crippen molar-refractivity contribution >= 4 is 46.8 Å². The molecule has 0 atom stereocenters. The number of nitrogens with one attached hydrogen (secondary N) is 1. The number of hydrogen-bond donors (Lipinski definition) is 1. The van der Waals surface area contributed by atoms with E-state index in [2.05, 4.69) is 22.3 Å². The van der Waals surface area contributed by atoms with Crippen LogP contribution in [0, 0.1) is 0 Å². The Morgan fingerprint density at radius 1 is 0.966 bits per heavy atom. The fourth-order valence-corrected chi connectivity index (χ4v) is 3.55. The minimum absolute atomic E-state index is 0.0554. The molecule has 152 valence electrons. The highest BCUT2D eigenvalue weighted by molar-refractivity contribution is 6.42. The lowest BCUT2D eigenvalue weighted by molar-refractivity contribution is -0.131. The number of piperazine rings is 1. The molecule has 7 heteroatoms. The number of para-hydroxylation sites is 1. The topological polar surface area (TPSA) is 52.7 Å². The second-order valence-electron chi connectivity index (χ2n) is 6.72. The fraction of sp³-hybridized carbons (Fsp3) is 0.273. The van der Waals surface area contributed by atoms with Gasteiger partial charge in [0, 0.05) is 50.9 Å². The van der Waals surface area contributed by atoms with E-state index in [1.807, 2.05) is 23.1 Å². The molecule has 1 saturated heterocycles. The molecule has 1 fully saturated rings. The normalized spacial score (nSPS) is 14.3. The van der Waals surface area contributed by atoms with Crippen LogP contribution >= 0.6 is 23.2 Å². The van der Waals surface area contributed by atoms with Gasteiger partial charge < -0.3 is 15.1 Å². The van der Waals surface area contributed by atoms with Crippen LogP contribution in [-0.2, 0) is 9.59 Å². The average Bonchev–Trinajstić information content (AvgIpc) is 2.75. The molecule has 5 nitrogen and oxygen atoms in total. The van der Waals surface area contributed by atoms with E-state index in [0.717, 1.165) is 13.1 Å². The molecule has 2 aromatic rings. The number of rotatable bonds is 6. The van der Waals surface area contributed by atoms with E-state index in [1.165, 1.54) is 11.8 Å². The number of halogens is 2. The Kier molecular flexibility index (Phi) is 7.55. The molecule has 0 aromatic heterocycles. The summed E-state index contributed by atoms with van der Waals surface area (Å²) in [7, 11) is 0. The van der Waals surface area contributed by atoms with Gasteiger partial charge in [-0.3, -0.25) is 9.59 Å². The Bertz CT molecular complexity index is 879. The van der Waals surface area contributed by atoms with Crippen LogP contribution in [0.5, 0.6) is 0 Å². The van der Waals surface area contributed by atoms with Crippen molar-refractivity contribution in [2.24, 2.45) is 0 Å². The van der Waals surface area contributed by atoms with Gasteiger partial charge in [0.1, 0.15) is 0 Å².